The van der Waals surface area contributed by atoms with Crippen molar-refractivity contribution in [3.05, 3.63) is 48.0 Å². The van der Waals surface area contributed by atoms with Crippen LogP contribution in [-0.4, -0.2) is 47.8 Å². The van der Waals surface area contributed by atoms with E-state index in [1.807, 2.05) is 17.8 Å². The molecule has 0 unspecified atom stereocenters. The van der Waals surface area contributed by atoms with Crippen LogP contribution in [0.2, 0.25) is 0 Å². The van der Waals surface area contributed by atoms with Gasteiger partial charge in [-0.15, -0.1) is 0 Å². The van der Waals surface area contributed by atoms with Gasteiger partial charge < -0.3 is 9.88 Å². The second-order valence-corrected chi connectivity index (χ2v) is 8.75. The van der Waals surface area contributed by atoms with Crippen molar-refractivity contribution in [2.45, 2.75) is 37.0 Å². The number of nitrogens with one attached hydrogen (secondary N) is 1. The van der Waals surface area contributed by atoms with E-state index >= 15 is 0 Å². The lowest BCUT2D eigenvalue weighted by molar-refractivity contribution is -0.121. The molecule has 1 saturated heterocycles. The fraction of sp³-hybridized carbons (Fsp3) is 0.474. The van der Waals surface area contributed by atoms with E-state index in [0.717, 1.165) is 24.2 Å². The molecule has 1 aromatic heterocycles. The van der Waals surface area contributed by atoms with Crippen LogP contribution in [0.1, 0.15) is 30.7 Å². The zero-order chi connectivity index (χ0) is 19.3. The lowest BCUT2D eigenvalue weighted by Crippen LogP contribution is -2.27. The average molecular weight is 391 g/mol. The minimum absolute atomic E-state index is 0.0158. The molecule has 146 valence electrons. The van der Waals surface area contributed by atoms with E-state index < -0.39 is 10.0 Å². The van der Waals surface area contributed by atoms with E-state index in [2.05, 4.69) is 10.3 Å². The van der Waals surface area contributed by atoms with E-state index in [0.29, 0.717) is 43.8 Å². The molecule has 0 radical (unpaired) electrons. The lowest BCUT2D eigenvalue weighted by Gasteiger charge is -2.15. The largest absolute Gasteiger partial charge is 0.356 e. The molecule has 1 aliphatic rings. The zero-order valence-electron chi connectivity index (χ0n) is 15.6. The first-order valence-electron chi connectivity index (χ1n) is 9.29. The summed E-state index contributed by atoms with van der Waals surface area (Å²) in [4.78, 5) is 16.5. The quantitative estimate of drug-likeness (QED) is 0.740. The van der Waals surface area contributed by atoms with Crippen LogP contribution in [0, 0.1) is 0 Å². The molecule has 0 aliphatic carbocycles. The van der Waals surface area contributed by atoms with Crippen molar-refractivity contribution in [2.75, 3.05) is 19.6 Å². The van der Waals surface area contributed by atoms with Crippen molar-refractivity contribution in [3.63, 3.8) is 0 Å². The van der Waals surface area contributed by atoms with Crippen molar-refractivity contribution in [1.29, 1.82) is 0 Å². The minimum Gasteiger partial charge on any atom is -0.356 e. The number of hydrogen-bond acceptors (Lipinski definition) is 4. The smallest absolute Gasteiger partial charge is 0.243 e. The number of aryl methyl sites for hydroxylation is 2. The molecule has 1 fully saturated rings. The molecule has 2 heterocycles. The first kappa shape index (κ1) is 19.6. The number of sulfonamides is 1. The summed E-state index contributed by atoms with van der Waals surface area (Å²) in [5.74, 6) is 0.920. The number of rotatable bonds is 8. The van der Waals surface area contributed by atoms with Crippen LogP contribution in [0.15, 0.2) is 41.6 Å². The Morgan fingerprint density at radius 1 is 1.15 bits per heavy atom. The van der Waals surface area contributed by atoms with Gasteiger partial charge in [0.05, 0.1) is 4.90 Å². The first-order chi connectivity index (χ1) is 13.0. The molecule has 3 rings (SSSR count). The van der Waals surface area contributed by atoms with Crippen molar-refractivity contribution in [3.8, 4) is 0 Å². The van der Waals surface area contributed by atoms with Crippen LogP contribution in [0.5, 0.6) is 0 Å². The minimum atomic E-state index is -3.38. The topological polar surface area (TPSA) is 84.3 Å². The Morgan fingerprint density at radius 2 is 1.85 bits per heavy atom. The van der Waals surface area contributed by atoms with Gasteiger partial charge in [-0.05, 0) is 37.0 Å². The predicted octanol–water partition coefficient (Wildman–Crippen LogP) is 1.50. The van der Waals surface area contributed by atoms with Gasteiger partial charge in [0.25, 0.3) is 0 Å². The number of benzene rings is 1. The Labute approximate surface area is 160 Å². The lowest BCUT2D eigenvalue weighted by atomic mass is 10.1. The number of hydrogen-bond donors (Lipinski definition) is 1. The monoisotopic (exact) mass is 390 g/mol. The number of nitrogens with zero attached hydrogens (tertiary/aromatic N) is 3. The third-order valence-corrected chi connectivity index (χ3v) is 6.77. The molecule has 7 nitrogen and oxygen atoms in total. The average Bonchev–Trinajstić information content (AvgIpc) is 3.33. The van der Waals surface area contributed by atoms with Gasteiger partial charge in [0.1, 0.15) is 5.82 Å². The molecule has 8 heteroatoms. The van der Waals surface area contributed by atoms with Gasteiger partial charge in [0.15, 0.2) is 0 Å². The summed E-state index contributed by atoms with van der Waals surface area (Å²) in [6.07, 6.45) is 7.12. The molecule has 2 aromatic rings. The molecule has 0 bridgehead atoms. The highest BCUT2D eigenvalue weighted by Crippen LogP contribution is 2.21. The number of carbonyl (C=O) groups is 1. The van der Waals surface area contributed by atoms with Gasteiger partial charge in [-0.25, -0.2) is 13.4 Å². The van der Waals surface area contributed by atoms with Crippen LogP contribution in [0.25, 0.3) is 0 Å². The summed E-state index contributed by atoms with van der Waals surface area (Å²) in [5, 5.41) is 2.90. The standard InChI is InChI=1S/C19H26N4O3S/c1-22-15-12-20-18(22)10-11-21-19(24)9-6-16-4-7-17(8-5-16)27(25,26)23-13-2-3-14-23/h4-5,7-8,12,15H,2-3,6,9-11,13-14H2,1H3,(H,21,24). The Kier molecular flexibility index (Phi) is 6.28. The highest BCUT2D eigenvalue weighted by Gasteiger charge is 2.26. The summed E-state index contributed by atoms with van der Waals surface area (Å²) in [6, 6.07) is 6.87. The van der Waals surface area contributed by atoms with Crippen LogP contribution in [-0.2, 0) is 34.7 Å². The van der Waals surface area contributed by atoms with E-state index in [1.54, 1.807) is 30.5 Å². The van der Waals surface area contributed by atoms with Crippen LogP contribution in [0.4, 0.5) is 0 Å². The molecule has 0 spiro atoms. The van der Waals surface area contributed by atoms with Crippen molar-refractivity contribution in [1.82, 2.24) is 19.2 Å². The second kappa shape index (κ2) is 8.67. The van der Waals surface area contributed by atoms with Crippen LogP contribution in [0.3, 0.4) is 0 Å². The fourth-order valence-electron chi connectivity index (χ4n) is 3.20. The molecule has 0 saturated carbocycles. The van der Waals surface area contributed by atoms with Crippen LogP contribution >= 0.6 is 0 Å². The normalized spacial score (nSPS) is 15.1. The Bertz CT molecular complexity index is 869. The highest BCUT2D eigenvalue weighted by molar-refractivity contribution is 7.89. The molecule has 1 aromatic carbocycles. The van der Waals surface area contributed by atoms with Crippen molar-refractivity contribution >= 4 is 15.9 Å². The number of aromatic nitrogens is 2. The predicted molar refractivity (Wildman–Crippen MR) is 103 cm³/mol. The third-order valence-electron chi connectivity index (χ3n) is 4.86. The Hall–Kier alpha value is -2.19. The fourth-order valence-corrected chi connectivity index (χ4v) is 4.72. The number of amides is 1. The summed E-state index contributed by atoms with van der Waals surface area (Å²) >= 11 is 0. The van der Waals surface area contributed by atoms with E-state index in [9.17, 15) is 13.2 Å². The molecule has 1 amide bonds. The summed E-state index contributed by atoms with van der Waals surface area (Å²) in [5.41, 5.74) is 0.953. The van der Waals surface area contributed by atoms with Crippen LogP contribution < -0.4 is 5.32 Å². The van der Waals surface area contributed by atoms with Gasteiger partial charge in [0, 0.05) is 51.9 Å². The van der Waals surface area contributed by atoms with Crippen molar-refractivity contribution < 1.29 is 13.2 Å². The number of carbonyl (C=O) groups excluding carboxylic acids is 1. The molecule has 0 atom stereocenters. The molecular formula is C19H26N4O3S. The van der Waals surface area contributed by atoms with Gasteiger partial charge in [-0.2, -0.15) is 4.31 Å². The third kappa shape index (κ3) is 4.95. The van der Waals surface area contributed by atoms with E-state index in [4.69, 9.17) is 0 Å². The summed E-state index contributed by atoms with van der Waals surface area (Å²) < 4.78 is 28.5. The Morgan fingerprint density at radius 3 is 2.48 bits per heavy atom. The van der Waals surface area contributed by atoms with Gasteiger partial charge >= 0.3 is 0 Å². The van der Waals surface area contributed by atoms with Gasteiger partial charge in [0.2, 0.25) is 15.9 Å². The molecular weight excluding hydrogens is 364 g/mol. The zero-order valence-corrected chi connectivity index (χ0v) is 16.4. The van der Waals surface area contributed by atoms with E-state index in [-0.39, 0.29) is 5.91 Å². The highest BCUT2D eigenvalue weighted by atomic mass is 32.2. The second-order valence-electron chi connectivity index (χ2n) is 6.81. The Balaban J connectivity index is 1.45. The molecule has 27 heavy (non-hydrogen) atoms. The maximum absolute atomic E-state index is 12.5. The maximum atomic E-state index is 12.5. The maximum Gasteiger partial charge on any atom is 0.243 e. The van der Waals surface area contributed by atoms with E-state index in [1.165, 1.54) is 4.31 Å². The first-order valence-corrected chi connectivity index (χ1v) is 10.7. The number of imidazole rings is 1. The molecule has 1 aliphatic heterocycles. The van der Waals surface area contributed by atoms with Gasteiger partial charge in [-0.1, -0.05) is 12.1 Å². The summed E-state index contributed by atoms with van der Waals surface area (Å²) in [7, 11) is -1.45. The molecule has 1 N–H and O–H groups in total. The summed E-state index contributed by atoms with van der Waals surface area (Å²) in [6.45, 7) is 1.75. The van der Waals surface area contributed by atoms with Crippen molar-refractivity contribution in [2.24, 2.45) is 7.05 Å². The SMILES string of the molecule is Cn1ccnc1CCNC(=O)CCc1ccc(S(=O)(=O)N2CCCC2)cc1. The van der Waals surface area contributed by atoms with Gasteiger partial charge in [-0.3, -0.25) is 4.79 Å².